The van der Waals surface area contributed by atoms with Crippen molar-refractivity contribution in [1.29, 1.82) is 0 Å². The molecule has 1 amide bonds. The van der Waals surface area contributed by atoms with Crippen LogP contribution >= 0.6 is 0 Å². The van der Waals surface area contributed by atoms with Crippen LogP contribution in [0.4, 0.5) is 0 Å². The predicted molar refractivity (Wildman–Crippen MR) is 151 cm³/mol. The third-order valence-corrected chi connectivity index (χ3v) is 7.85. The van der Waals surface area contributed by atoms with Gasteiger partial charge in [0.15, 0.2) is 0 Å². The first-order valence-corrected chi connectivity index (χ1v) is 13.5. The summed E-state index contributed by atoms with van der Waals surface area (Å²) in [6.45, 7) is 1.01. The highest BCUT2D eigenvalue weighted by molar-refractivity contribution is 6.06. The number of carbonyl (C=O) groups excluding carboxylic acids is 1. The van der Waals surface area contributed by atoms with Crippen molar-refractivity contribution >= 4 is 33.7 Å². The number of fused-ring (bicyclic) bond motifs is 2. The number of hydrogen-bond donors (Lipinski definition) is 2. The van der Waals surface area contributed by atoms with Crippen LogP contribution in [0.25, 0.3) is 32.9 Å². The molecule has 196 valence electrons. The van der Waals surface area contributed by atoms with Crippen LogP contribution in [0.1, 0.15) is 41.6 Å². The molecule has 0 unspecified atom stereocenters. The van der Waals surface area contributed by atoms with Crippen molar-refractivity contribution < 1.29 is 14.7 Å². The van der Waals surface area contributed by atoms with Gasteiger partial charge in [0, 0.05) is 6.54 Å². The Morgan fingerprint density at radius 2 is 1.59 bits per heavy atom. The van der Waals surface area contributed by atoms with Gasteiger partial charge < -0.3 is 10.4 Å². The number of rotatable bonds is 7. The lowest BCUT2D eigenvalue weighted by Crippen LogP contribution is -2.32. The number of aromatic nitrogens is 3. The molecule has 0 spiro atoms. The number of amides is 1. The third kappa shape index (κ3) is 5.25. The Bertz CT molecular complexity index is 1650. The zero-order valence-electron chi connectivity index (χ0n) is 21.6. The fraction of sp³-hybridized carbons (Fsp3) is 0.250. The molecule has 5 aromatic rings. The Morgan fingerprint density at radius 1 is 0.846 bits per heavy atom. The van der Waals surface area contributed by atoms with E-state index >= 15 is 0 Å². The van der Waals surface area contributed by atoms with Gasteiger partial charge in [0.05, 0.1) is 18.0 Å². The monoisotopic (exact) mass is 518 g/mol. The van der Waals surface area contributed by atoms with Gasteiger partial charge >= 0.3 is 5.97 Å². The first-order valence-electron chi connectivity index (χ1n) is 13.5. The topological polar surface area (TPSA) is 97.1 Å². The summed E-state index contributed by atoms with van der Waals surface area (Å²) in [7, 11) is 0. The Hall–Kier alpha value is -4.52. The fourth-order valence-electron chi connectivity index (χ4n) is 5.65. The molecule has 1 aliphatic carbocycles. The third-order valence-electron chi connectivity index (χ3n) is 7.85. The van der Waals surface area contributed by atoms with E-state index in [1.54, 1.807) is 4.68 Å². The van der Waals surface area contributed by atoms with Gasteiger partial charge in [-0.3, -0.25) is 9.59 Å². The van der Waals surface area contributed by atoms with Crippen LogP contribution in [-0.4, -0.2) is 38.5 Å². The van der Waals surface area contributed by atoms with Crippen LogP contribution in [0, 0.1) is 11.8 Å². The van der Waals surface area contributed by atoms with Gasteiger partial charge in [0.25, 0.3) is 5.91 Å². The maximum atomic E-state index is 13.7. The number of carboxylic acids is 1. The van der Waals surface area contributed by atoms with E-state index in [0.29, 0.717) is 42.5 Å². The molecule has 1 aromatic heterocycles. The summed E-state index contributed by atoms with van der Waals surface area (Å²) in [6, 6.07) is 28.4. The molecule has 0 saturated heterocycles. The van der Waals surface area contributed by atoms with E-state index in [2.05, 4.69) is 46.0 Å². The van der Waals surface area contributed by atoms with E-state index in [-0.39, 0.29) is 17.7 Å². The molecule has 2 N–H and O–H groups in total. The zero-order chi connectivity index (χ0) is 26.8. The van der Waals surface area contributed by atoms with Crippen LogP contribution in [-0.2, 0) is 11.3 Å². The summed E-state index contributed by atoms with van der Waals surface area (Å²) in [5, 5.41) is 23.7. The van der Waals surface area contributed by atoms with Crippen molar-refractivity contribution in [2.45, 2.75) is 32.2 Å². The van der Waals surface area contributed by atoms with Crippen molar-refractivity contribution in [2.75, 3.05) is 6.54 Å². The Kier molecular flexibility index (Phi) is 6.80. The lowest BCUT2D eigenvalue weighted by Gasteiger charge is -2.26. The maximum absolute atomic E-state index is 13.7. The minimum absolute atomic E-state index is 0.166. The minimum atomic E-state index is -0.718. The van der Waals surface area contributed by atoms with Gasteiger partial charge in [-0.2, -0.15) is 0 Å². The molecule has 39 heavy (non-hydrogen) atoms. The van der Waals surface area contributed by atoms with Crippen LogP contribution in [0.5, 0.6) is 0 Å². The molecule has 7 nitrogen and oxygen atoms in total. The Balaban J connectivity index is 1.31. The number of carboxylic acid groups (broad SMARTS) is 1. The smallest absolute Gasteiger partial charge is 0.306 e. The second-order valence-corrected chi connectivity index (χ2v) is 10.5. The van der Waals surface area contributed by atoms with Gasteiger partial charge in [-0.15, -0.1) is 5.10 Å². The molecule has 1 heterocycles. The Morgan fingerprint density at radius 3 is 2.36 bits per heavy atom. The number of benzene rings is 4. The molecule has 6 rings (SSSR count). The lowest BCUT2D eigenvalue weighted by molar-refractivity contribution is -0.143. The molecule has 7 heteroatoms. The molecule has 0 atom stereocenters. The van der Waals surface area contributed by atoms with E-state index in [1.807, 2.05) is 54.6 Å². The SMILES string of the molecule is O=C(NCC1CCC(C(=O)O)CC1)c1cc(-c2ccccc2)cc2nnn(Cc3ccc4ccccc4c3)c12. The molecular weight excluding hydrogens is 488 g/mol. The highest BCUT2D eigenvalue weighted by atomic mass is 16.4. The van der Waals surface area contributed by atoms with Gasteiger partial charge in [-0.05, 0) is 77.3 Å². The second kappa shape index (κ2) is 10.7. The molecule has 4 aromatic carbocycles. The summed E-state index contributed by atoms with van der Waals surface area (Å²) in [5.74, 6) is -0.877. The lowest BCUT2D eigenvalue weighted by atomic mass is 9.82. The summed E-state index contributed by atoms with van der Waals surface area (Å²) in [5.41, 5.74) is 4.90. The number of nitrogens with zero attached hydrogens (tertiary/aromatic N) is 3. The summed E-state index contributed by atoms with van der Waals surface area (Å²) in [4.78, 5) is 25.0. The van der Waals surface area contributed by atoms with Crippen LogP contribution in [0.3, 0.4) is 0 Å². The van der Waals surface area contributed by atoms with E-state index in [9.17, 15) is 14.7 Å². The standard InChI is InChI=1S/C32H30N4O3/c37-31(33-19-21-10-14-25(15-11-21)32(38)39)28-17-27(23-6-2-1-3-7-23)18-29-30(28)36(35-34-29)20-22-12-13-24-8-4-5-9-26(24)16-22/h1-9,12-13,16-18,21,25H,10-11,14-15,19-20H2,(H,33,37)(H,38,39). The molecule has 0 aliphatic heterocycles. The van der Waals surface area contributed by atoms with Crippen molar-refractivity contribution in [3.8, 4) is 11.1 Å². The predicted octanol–water partition coefficient (Wildman–Crippen LogP) is 5.92. The first kappa shape index (κ1) is 24.8. The van der Waals surface area contributed by atoms with Crippen molar-refractivity contribution in [1.82, 2.24) is 20.3 Å². The van der Waals surface area contributed by atoms with Crippen LogP contribution in [0.2, 0.25) is 0 Å². The van der Waals surface area contributed by atoms with Crippen molar-refractivity contribution in [3.63, 3.8) is 0 Å². The quantitative estimate of drug-likeness (QED) is 0.279. The van der Waals surface area contributed by atoms with E-state index in [4.69, 9.17) is 0 Å². The highest BCUT2D eigenvalue weighted by Gasteiger charge is 2.26. The molecule has 0 radical (unpaired) electrons. The van der Waals surface area contributed by atoms with Crippen molar-refractivity contribution in [3.05, 3.63) is 96.1 Å². The molecule has 1 fully saturated rings. The largest absolute Gasteiger partial charge is 0.481 e. The van der Waals surface area contributed by atoms with Crippen LogP contribution in [0.15, 0.2) is 84.9 Å². The number of carbonyl (C=O) groups is 2. The fourth-order valence-corrected chi connectivity index (χ4v) is 5.65. The molecular formula is C32H30N4O3. The number of nitrogens with one attached hydrogen (secondary N) is 1. The summed E-state index contributed by atoms with van der Waals surface area (Å²) >= 11 is 0. The number of hydrogen-bond acceptors (Lipinski definition) is 4. The average Bonchev–Trinajstić information content (AvgIpc) is 3.38. The van der Waals surface area contributed by atoms with Crippen molar-refractivity contribution in [2.24, 2.45) is 11.8 Å². The maximum Gasteiger partial charge on any atom is 0.306 e. The number of aliphatic carboxylic acids is 1. The Labute approximate surface area is 226 Å². The first-order chi connectivity index (χ1) is 19.0. The van der Waals surface area contributed by atoms with Gasteiger partial charge in [-0.1, -0.05) is 71.9 Å². The van der Waals surface area contributed by atoms with Gasteiger partial charge in [0.1, 0.15) is 11.0 Å². The van der Waals surface area contributed by atoms with Gasteiger partial charge in [0.2, 0.25) is 0 Å². The molecule has 1 aliphatic rings. The molecule has 0 bridgehead atoms. The van der Waals surface area contributed by atoms with E-state index < -0.39 is 5.97 Å². The van der Waals surface area contributed by atoms with Crippen LogP contribution < -0.4 is 5.32 Å². The molecule has 1 saturated carbocycles. The van der Waals surface area contributed by atoms with E-state index in [0.717, 1.165) is 34.9 Å². The summed E-state index contributed by atoms with van der Waals surface area (Å²) < 4.78 is 1.81. The summed E-state index contributed by atoms with van der Waals surface area (Å²) in [6.07, 6.45) is 2.93. The highest BCUT2D eigenvalue weighted by Crippen LogP contribution is 2.30. The minimum Gasteiger partial charge on any atom is -0.481 e. The van der Waals surface area contributed by atoms with E-state index in [1.165, 1.54) is 5.39 Å². The second-order valence-electron chi connectivity index (χ2n) is 10.5. The van der Waals surface area contributed by atoms with Gasteiger partial charge in [-0.25, -0.2) is 4.68 Å². The average molecular weight is 519 g/mol. The zero-order valence-corrected chi connectivity index (χ0v) is 21.6. The normalized spacial score (nSPS) is 17.3.